The van der Waals surface area contributed by atoms with Gasteiger partial charge in [-0.05, 0) is 38.0 Å². The molecule has 0 aliphatic heterocycles. The van der Waals surface area contributed by atoms with E-state index < -0.39 is 12.3 Å². The molecular formula is C16H24FNO3. The van der Waals surface area contributed by atoms with Crippen molar-refractivity contribution in [3.63, 3.8) is 0 Å². The lowest BCUT2D eigenvalue weighted by atomic mass is 10.0. The van der Waals surface area contributed by atoms with Gasteiger partial charge in [0.25, 0.3) is 0 Å². The van der Waals surface area contributed by atoms with E-state index in [1.165, 1.54) is 12.1 Å². The second-order valence-corrected chi connectivity index (χ2v) is 4.95. The van der Waals surface area contributed by atoms with Crippen molar-refractivity contribution in [2.24, 2.45) is 0 Å². The zero-order valence-corrected chi connectivity index (χ0v) is 12.9. The Kier molecular flexibility index (Phi) is 7.32. The zero-order valence-electron chi connectivity index (χ0n) is 12.9. The van der Waals surface area contributed by atoms with E-state index in [0.29, 0.717) is 18.7 Å². The predicted octanol–water partition coefficient (Wildman–Crippen LogP) is 2.87. The van der Waals surface area contributed by atoms with Crippen LogP contribution in [-0.2, 0) is 9.53 Å². The van der Waals surface area contributed by atoms with Gasteiger partial charge >= 0.3 is 5.97 Å². The second-order valence-electron chi connectivity index (χ2n) is 4.95. The van der Waals surface area contributed by atoms with Crippen molar-refractivity contribution in [2.45, 2.75) is 45.9 Å². The van der Waals surface area contributed by atoms with Gasteiger partial charge in [-0.3, -0.25) is 9.69 Å². The standard InChI is InChI=1S/C16H24FNO3/c1-4-9-18(12(3)19)15(11-16(20)21-5-2)13-7-6-8-14(17)10-13/h6-8,10,12,15,19H,4-5,9,11H2,1-3H3/t12?,15-/m0/s1. The van der Waals surface area contributed by atoms with Crippen LogP contribution in [-0.4, -0.2) is 35.4 Å². The van der Waals surface area contributed by atoms with E-state index in [-0.39, 0.29) is 18.2 Å². The maximum absolute atomic E-state index is 13.5. The average Bonchev–Trinajstić information content (AvgIpc) is 2.42. The SMILES string of the molecule is CCCN(C(C)O)[C@@H](CC(=O)OCC)c1cccc(F)c1. The van der Waals surface area contributed by atoms with Crippen molar-refractivity contribution in [2.75, 3.05) is 13.2 Å². The number of hydrogen-bond acceptors (Lipinski definition) is 4. The number of hydrogen-bond donors (Lipinski definition) is 1. The summed E-state index contributed by atoms with van der Waals surface area (Å²) in [5.74, 6) is -0.711. The number of nitrogens with zero attached hydrogens (tertiary/aromatic N) is 1. The van der Waals surface area contributed by atoms with Crippen molar-refractivity contribution < 1.29 is 19.0 Å². The van der Waals surface area contributed by atoms with Crippen molar-refractivity contribution in [3.8, 4) is 0 Å². The van der Waals surface area contributed by atoms with Crippen LogP contribution in [0, 0.1) is 5.82 Å². The third-order valence-electron chi connectivity index (χ3n) is 3.26. The summed E-state index contributed by atoms with van der Waals surface area (Å²) in [4.78, 5) is 13.6. The lowest BCUT2D eigenvalue weighted by molar-refractivity contribution is -0.145. The van der Waals surface area contributed by atoms with Crippen LogP contribution in [0.1, 0.15) is 45.2 Å². The number of ether oxygens (including phenoxy) is 1. The third-order valence-corrected chi connectivity index (χ3v) is 3.26. The Labute approximate surface area is 125 Å². The largest absolute Gasteiger partial charge is 0.466 e. The molecule has 0 heterocycles. The molecule has 4 nitrogen and oxygen atoms in total. The predicted molar refractivity (Wildman–Crippen MR) is 79.1 cm³/mol. The molecular weight excluding hydrogens is 273 g/mol. The molecule has 0 spiro atoms. The van der Waals surface area contributed by atoms with Gasteiger partial charge in [-0.25, -0.2) is 4.39 Å². The number of halogens is 1. The zero-order chi connectivity index (χ0) is 15.8. The number of carbonyl (C=O) groups excluding carboxylic acids is 1. The van der Waals surface area contributed by atoms with Gasteiger partial charge in [-0.2, -0.15) is 0 Å². The lowest BCUT2D eigenvalue weighted by Crippen LogP contribution is -2.38. The molecule has 2 atom stereocenters. The van der Waals surface area contributed by atoms with Crippen molar-refractivity contribution in [1.82, 2.24) is 4.90 Å². The summed E-state index contributed by atoms with van der Waals surface area (Å²) >= 11 is 0. The molecule has 0 saturated carbocycles. The van der Waals surface area contributed by atoms with Gasteiger partial charge in [0.05, 0.1) is 13.0 Å². The van der Waals surface area contributed by atoms with Crippen LogP contribution >= 0.6 is 0 Å². The highest BCUT2D eigenvalue weighted by Crippen LogP contribution is 2.27. The number of rotatable bonds is 8. The van der Waals surface area contributed by atoms with Gasteiger partial charge in [0.1, 0.15) is 12.0 Å². The molecule has 0 bridgehead atoms. The minimum atomic E-state index is -0.729. The molecule has 0 aromatic heterocycles. The molecule has 0 saturated heterocycles. The molecule has 1 aromatic rings. The van der Waals surface area contributed by atoms with Crippen LogP contribution in [0.4, 0.5) is 4.39 Å². The summed E-state index contributed by atoms with van der Waals surface area (Å²) in [7, 11) is 0. The monoisotopic (exact) mass is 297 g/mol. The van der Waals surface area contributed by atoms with Crippen LogP contribution in [0.25, 0.3) is 0 Å². The lowest BCUT2D eigenvalue weighted by Gasteiger charge is -2.33. The molecule has 0 aliphatic rings. The van der Waals surface area contributed by atoms with E-state index in [1.807, 2.05) is 6.92 Å². The van der Waals surface area contributed by atoms with Crippen molar-refractivity contribution in [1.29, 1.82) is 0 Å². The van der Waals surface area contributed by atoms with E-state index in [1.54, 1.807) is 30.9 Å². The molecule has 0 amide bonds. The molecule has 5 heteroatoms. The fourth-order valence-electron chi connectivity index (χ4n) is 2.38. The summed E-state index contributed by atoms with van der Waals surface area (Å²) in [6.07, 6.45) is 0.175. The van der Waals surface area contributed by atoms with Crippen LogP contribution in [0.3, 0.4) is 0 Å². The topological polar surface area (TPSA) is 49.8 Å². The normalized spacial score (nSPS) is 14.0. The van der Waals surface area contributed by atoms with Crippen molar-refractivity contribution in [3.05, 3.63) is 35.6 Å². The maximum atomic E-state index is 13.5. The average molecular weight is 297 g/mol. The number of carbonyl (C=O) groups is 1. The summed E-state index contributed by atoms with van der Waals surface area (Å²) < 4.78 is 18.5. The first-order valence-electron chi connectivity index (χ1n) is 7.34. The van der Waals surface area contributed by atoms with E-state index in [2.05, 4.69) is 0 Å². The molecule has 1 rings (SSSR count). The van der Waals surface area contributed by atoms with Gasteiger partial charge in [-0.1, -0.05) is 19.1 Å². The van der Waals surface area contributed by atoms with Crippen LogP contribution in [0.2, 0.25) is 0 Å². The highest BCUT2D eigenvalue weighted by molar-refractivity contribution is 5.70. The Balaban J connectivity index is 3.05. The number of aliphatic hydroxyl groups excluding tert-OH is 1. The first-order chi connectivity index (χ1) is 9.99. The smallest absolute Gasteiger partial charge is 0.307 e. The molecule has 118 valence electrons. The molecule has 1 unspecified atom stereocenters. The molecule has 21 heavy (non-hydrogen) atoms. The molecule has 0 fully saturated rings. The Hall–Kier alpha value is -1.46. The second kappa shape index (κ2) is 8.74. The maximum Gasteiger partial charge on any atom is 0.307 e. The van der Waals surface area contributed by atoms with Crippen LogP contribution in [0.5, 0.6) is 0 Å². The number of aliphatic hydroxyl groups is 1. The summed E-state index contributed by atoms with van der Waals surface area (Å²) in [6, 6.07) is 5.72. The first kappa shape index (κ1) is 17.6. The minimum Gasteiger partial charge on any atom is -0.466 e. The minimum absolute atomic E-state index is 0.0855. The van der Waals surface area contributed by atoms with E-state index >= 15 is 0 Å². The first-order valence-corrected chi connectivity index (χ1v) is 7.34. The molecule has 1 N–H and O–H groups in total. The number of benzene rings is 1. The van der Waals surface area contributed by atoms with Gasteiger partial charge in [0.15, 0.2) is 0 Å². The van der Waals surface area contributed by atoms with Gasteiger partial charge in [0, 0.05) is 12.6 Å². The Morgan fingerprint density at radius 1 is 1.43 bits per heavy atom. The Bertz CT molecular complexity index is 451. The van der Waals surface area contributed by atoms with Crippen LogP contribution < -0.4 is 0 Å². The highest BCUT2D eigenvalue weighted by Gasteiger charge is 2.26. The Morgan fingerprint density at radius 3 is 2.67 bits per heavy atom. The summed E-state index contributed by atoms with van der Waals surface area (Å²) in [5, 5.41) is 9.97. The Morgan fingerprint density at radius 2 is 2.14 bits per heavy atom. The highest BCUT2D eigenvalue weighted by atomic mass is 19.1. The van der Waals surface area contributed by atoms with E-state index in [9.17, 15) is 14.3 Å². The summed E-state index contributed by atoms with van der Waals surface area (Å²) in [6.45, 7) is 6.29. The van der Waals surface area contributed by atoms with Gasteiger partial charge < -0.3 is 9.84 Å². The van der Waals surface area contributed by atoms with E-state index in [0.717, 1.165) is 6.42 Å². The fraction of sp³-hybridized carbons (Fsp3) is 0.562. The van der Waals surface area contributed by atoms with E-state index in [4.69, 9.17) is 4.74 Å². The summed E-state index contributed by atoms with van der Waals surface area (Å²) in [5.41, 5.74) is 0.664. The van der Waals surface area contributed by atoms with Crippen molar-refractivity contribution >= 4 is 5.97 Å². The molecule has 0 aliphatic carbocycles. The van der Waals surface area contributed by atoms with Crippen LogP contribution in [0.15, 0.2) is 24.3 Å². The van der Waals surface area contributed by atoms with Gasteiger partial charge in [0.2, 0.25) is 0 Å². The van der Waals surface area contributed by atoms with Gasteiger partial charge in [-0.15, -0.1) is 0 Å². The fourth-order valence-corrected chi connectivity index (χ4v) is 2.38. The molecule has 0 radical (unpaired) electrons. The quantitative estimate of drug-likeness (QED) is 0.592. The molecule has 1 aromatic carbocycles. The third kappa shape index (κ3) is 5.44. The number of esters is 1.